The molecule has 12 heavy (non-hydrogen) atoms. The Morgan fingerprint density at radius 3 is 2.25 bits per heavy atom. The summed E-state index contributed by atoms with van der Waals surface area (Å²) in [6.07, 6.45) is 5.69. The molecule has 0 fully saturated rings. The number of nitrogens with zero attached hydrogens (tertiary/aromatic N) is 1. The SMILES string of the molecule is CCCCCNC(CC)N(C)C. The van der Waals surface area contributed by atoms with Gasteiger partial charge in [-0.3, -0.25) is 4.90 Å². The van der Waals surface area contributed by atoms with Crippen molar-refractivity contribution in [3.05, 3.63) is 0 Å². The summed E-state index contributed by atoms with van der Waals surface area (Å²) in [6, 6.07) is 0. The molecule has 0 amide bonds. The van der Waals surface area contributed by atoms with Crippen LogP contribution in [0.5, 0.6) is 0 Å². The van der Waals surface area contributed by atoms with Crippen LogP contribution in [0.1, 0.15) is 39.5 Å². The zero-order valence-corrected chi connectivity index (χ0v) is 9.06. The molecule has 0 aliphatic rings. The standard InChI is InChI=1S/C10H24N2/c1-5-7-8-9-11-10(6-2)12(3)4/h10-11H,5-9H2,1-4H3. The molecule has 0 rings (SSSR count). The highest BCUT2D eigenvalue weighted by Gasteiger charge is 2.05. The summed E-state index contributed by atoms with van der Waals surface area (Å²) in [5, 5.41) is 3.53. The van der Waals surface area contributed by atoms with E-state index in [1.54, 1.807) is 0 Å². The normalized spacial score (nSPS) is 13.8. The van der Waals surface area contributed by atoms with Crippen molar-refractivity contribution in [3.63, 3.8) is 0 Å². The van der Waals surface area contributed by atoms with Gasteiger partial charge in [0.05, 0.1) is 6.17 Å². The Labute approximate surface area is 77.3 Å². The average Bonchev–Trinajstić information content (AvgIpc) is 2.04. The Kier molecular flexibility index (Phi) is 7.51. The highest BCUT2D eigenvalue weighted by molar-refractivity contribution is 4.60. The molecule has 0 bridgehead atoms. The van der Waals surface area contributed by atoms with Crippen LogP contribution in [0.4, 0.5) is 0 Å². The zero-order chi connectivity index (χ0) is 9.40. The molecule has 1 atom stereocenters. The monoisotopic (exact) mass is 172 g/mol. The van der Waals surface area contributed by atoms with Crippen molar-refractivity contribution >= 4 is 0 Å². The van der Waals surface area contributed by atoms with Crippen molar-refractivity contribution in [3.8, 4) is 0 Å². The lowest BCUT2D eigenvalue weighted by molar-refractivity contribution is 0.238. The van der Waals surface area contributed by atoms with Crippen LogP contribution >= 0.6 is 0 Å². The van der Waals surface area contributed by atoms with E-state index in [-0.39, 0.29) is 0 Å². The van der Waals surface area contributed by atoms with Gasteiger partial charge < -0.3 is 5.32 Å². The minimum absolute atomic E-state index is 0.557. The first-order valence-electron chi connectivity index (χ1n) is 5.12. The van der Waals surface area contributed by atoms with E-state index in [0.29, 0.717) is 6.17 Å². The average molecular weight is 172 g/mol. The Morgan fingerprint density at radius 2 is 1.83 bits per heavy atom. The number of rotatable bonds is 7. The second-order valence-electron chi connectivity index (χ2n) is 3.55. The van der Waals surface area contributed by atoms with E-state index in [0.717, 1.165) is 6.54 Å². The lowest BCUT2D eigenvalue weighted by Gasteiger charge is -2.24. The first-order chi connectivity index (χ1) is 5.72. The largest absolute Gasteiger partial charge is 0.302 e. The molecule has 0 spiro atoms. The molecule has 1 N–H and O–H groups in total. The molecule has 0 aromatic heterocycles. The van der Waals surface area contributed by atoms with Crippen LogP contribution in [0.25, 0.3) is 0 Å². The van der Waals surface area contributed by atoms with Gasteiger partial charge in [0, 0.05) is 0 Å². The summed E-state index contributed by atoms with van der Waals surface area (Å²) in [4.78, 5) is 2.24. The predicted octanol–water partition coefficient (Wildman–Crippen LogP) is 2.06. The molecule has 74 valence electrons. The predicted molar refractivity (Wildman–Crippen MR) is 55.3 cm³/mol. The molecule has 0 aliphatic heterocycles. The van der Waals surface area contributed by atoms with Crippen molar-refractivity contribution in [2.24, 2.45) is 0 Å². The van der Waals surface area contributed by atoms with Gasteiger partial charge in [0.25, 0.3) is 0 Å². The van der Waals surface area contributed by atoms with Crippen LogP contribution in [0, 0.1) is 0 Å². The summed E-state index contributed by atoms with van der Waals surface area (Å²) in [5.41, 5.74) is 0. The quantitative estimate of drug-likeness (QED) is 0.467. The van der Waals surface area contributed by atoms with Crippen LogP contribution in [0.15, 0.2) is 0 Å². The van der Waals surface area contributed by atoms with Gasteiger partial charge in [-0.2, -0.15) is 0 Å². The highest BCUT2D eigenvalue weighted by atomic mass is 15.2. The van der Waals surface area contributed by atoms with E-state index in [1.807, 2.05) is 0 Å². The molecule has 2 nitrogen and oxygen atoms in total. The Balaban J connectivity index is 3.32. The van der Waals surface area contributed by atoms with E-state index >= 15 is 0 Å². The van der Waals surface area contributed by atoms with Crippen molar-refractivity contribution in [2.45, 2.75) is 45.7 Å². The van der Waals surface area contributed by atoms with Crippen LogP contribution in [0.3, 0.4) is 0 Å². The first-order valence-corrected chi connectivity index (χ1v) is 5.12. The van der Waals surface area contributed by atoms with Crippen molar-refractivity contribution in [1.82, 2.24) is 10.2 Å². The van der Waals surface area contributed by atoms with Crippen LogP contribution in [-0.2, 0) is 0 Å². The highest BCUT2D eigenvalue weighted by Crippen LogP contribution is 1.96. The zero-order valence-electron chi connectivity index (χ0n) is 9.06. The number of hydrogen-bond donors (Lipinski definition) is 1. The van der Waals surface area contributed by atoms with Gasteiger partial charge in [-0.25, -0.2) is 0 Å². The van der Waals surface area contributed by atoms with E-state index in [4.69, 9.17) is 0 Å². The maximum absolute atomic E-state index is 3.53. The van der Waals surface area contributed by atoms with Gasteiger partial charge in [-0.05, 0) is 33.5 Å². The third-order valence-corrected chi connectivity index (χ3v) is 2.17. The summed E-state index contributed by atoms with van der Waals surface area (Å²) < 4.78 is 0. The fraction of sp³-hybridized carbons (Fsp3) is 1.00. The molecule has 0 radical (unpaired) electrons. The molecule has 2 heteroatoms. The Morgan fingerprint density at radius 1 is 1.17 bits per heavy atom. The van der Waals surface area contributed by atoms with Crippen molar-refractivity contribution < 1.29 is 0 Å². The van der Waals surface area contributed by atoms with Crippen LogP contribution in [-0.4, -0.2) is 31.7 Å². The third-order valence-electron chi connectivity index (χ3n) is 2.17. The summed E-state index contributed by atoms with van der Waals surface area (Å²) >= 11 is 0. The molecule has 0 aromatic carbocycles. The molecule has 0 aliphatic carbocycles. The number of nitrogens with one attached hydrogen (secondary N) is 1. The van der Waals surface area contributed by atoms with Gasteiger partial charge in [-0.15, -0.1) is 0 Å². The second-order valence-corrected chi connectivity index (χ2v) is 3.55. The summed E-state index contributed by atoms with van der Waals surface area (Å²) in [5.74, 6) is 0. The van der Waals surface area contributed by atoms with Crippen LogP contribution < -0.4 is 5.32 Å². The van der Waals surface area contributed by atoms with E-state index in [9.17, 15) is 0 Å². The van der Waals surface area contributed by atoms with Gasteiger partial charge in [0.1, 0.15) is 0 Å². The van der Waals surface area contributed by atoms with Crippen molar-refractivity contribution in [1.29, 1.82) is 0 Å². The van der Waals surface area contributed by atoms with Gasteiger partial charge in [0.15, 0.2) is 0 Å². The minimum Gasteiger partial charge on any atom is -0.302 e. The molecule has 0 saturated carbocycles. The summed E-state index contributed by atoms with van der Waals surface area (Å²) in [7, 11) is 4.25. The summed E-state index contributed by atoms with van der Waals surface area (Å²) in [6.45, 7) is 5.62. The van der Waals surface area contributed by atoms with E-state index in [1.165, 1.54) is 25.7 Å². The number of hydrogen-bond acceptors (Lipinski definition) is 2. The number of unbranched alkanes of at least 4 members (excludes halogenated alkanes) is 2. The lowest BCUT2D eigenvalue weighted by Crippen LogP contribution is -2.41. The Bertz CT molecular complexity index is 91.8. The van der Waals surface area contributed by atoms with Crippen molar-refractivity contribution in [2.75, 3.05) is 20.6 Å². The molecule has 0 saturated heterocycles. The maximum atomic E-state index is 3.53. The third kappa shape index (κ3) is 5.56. The van der Waals surface area contributed by atoms with Gasteiger partial charge in [-0.1, -0.05) is 26.7 Å². The lowest BCUT2D eigenvalue weighted by atomic mass is 10.2. The molecule has 1 unspecified atom stereocenters. The van der Waals surface area contributed by atoms with Crippen LogP contribution in [0.2, 0.25) is 0 Å². The Hall–Kier alpha value is -0.0800. The second kappa shape index (κ2) is 7.56. The van der Waals surface area contributed by atoms with E-state index in [2.05, 4.69) is 38.2 Å². The maximum Gasteiger partial charge on any atom is 0.0589 e. The fourth-order valence-corrected chi connectivity index (χ4v) is 1.34. The minimum atomic E-state index is 0.557. The molecular formula is C10H24N2. The van der Waals surface area contributed by atoms with Gasteiger partial charge >= 0.3 is 0 Å². The fourth-order valence-electron chi connectivity index (χ4n) is 1.34. The van der Waals surface area contributed by atoms with E-state index < -0.39 is 0 Å². The first kappa shape index (κ1) is 11.9. The molecular weight excluding hydrogens is 148 g/mol. The topological polar surface area (TPSA) is 15.3 Å². The molecule has 0 heterocycles. The molecule has 0 aromatic rings. The van der Waals surface area contributed by atoms with Gasteiger partial charge in [0.2, 0.25) is 0 Å². The smallest absolute Gasteiger partial charge is 0.0589 e.